The molecule has 2 aliphatic heterocycles. The molecule has 2 bridgehead atoms. The summed E-state index contributed by atoms with van der Waals surface area (Å²) in [6.45, 7) is 7.81. The highest BCUT2D eigenvalue weighted by molar-refractivity contribution is 5.66. The third kappa shape index (κ3) is 1.78. The second-order valence-corrected chi connectivity index (χ2v) is 5.59. The first-order valence-electron chi connectivity index (χ1n) is 5.71. The summed E-state index contributed by atoms with van der Waals surface area (Å²) in [6.07, 6.45) is 3.07. The molecule has 3 aliphatic rings. The van der Waals surface area contributed by atoms with Gasteiger partial charge in [-0.1, -0.05) is 0 Å². The number of rotatable bonds is 1. The summed E-state index contributed by atoms with van der Waals surface area (Å²) in [5.74, 6) is 0.318. The van der Waals surface area contributed by atoms with Crippen molar-refractivity contribution in [3.05, 3.63) is 0 Å². The van der Waals surface area contributed by atoms with E-state index in [1.165, 1.54) is 13.3 Å². The molecule has 1 unspecified atom stereocenters. The van der Waals surface area contributed by atoms with Crippen LogP contribution >= 0.6 is 0 Å². The standard InChI is InChI=1S/C12H20O3/c1-8(13)14-10-7-9-5-6-12(10,4)15-11(9,2)3/h9-10H,5-7H2,1-4H3/t9?,10-,12-/m0/s1. The Morgan fingerprint density at radius 2 is 2.07 bits per heavy atom. The first kappa shape index (κ1) is 10.9. The molecular formula is C12H20O3. The van der Waals surface area contributed by atoms with E-state index < -0.39 is 0 Å². The SMILES string of the molecule is CC(=O)O[C@H]1CC2CC[C@]1(C)OC2(C)C. The van der Waals surface area contributed by atoms with Gasteiger partial charge in [-0.3, -0.25) is 4.79 Å². The van der Waals surface area contributed by atoms with Gasteiger partial charge in [0.2, 0.25) is 0 Å². The highest BCUT2D eigenvalue weighted by Gasteiger charge is 2.55. The van der Waals surface area contributed by atoms with Gasteiger partial charge in [-0.15, -0.1) is 0 Å². The topological polar surface area (TPSA) is 35.5 Å². The molecule has 0 radical (unpaired) electrons. The van der Waals surface area contributed by atoms with Crippen LogP contribution in [0.5, 0.6) is 0 Å². The monoisotopic (exact) mass is 212 g/mol. The van der Waals surface area contributed by atoms with Crippen molar-refractivity contribution >= 4 is 5.97 Å². The van der Waals surface area contributed by atoms with Crippen molar-refractivity contribution in [1.29, 1.82) is 0 Å². The Bertz CT molecular complexity index is 285. The van der Waals surface area contributed by atoms with Crippen molar-refractivity contribution in [2.24, 2.45) is 5.92 Å². The maximum atomic E-state index is 11.0. The minimum absolute atomic E-state index is 0.0539. The van der Waals surface area contributed by atoms with Crippen molar-refractivity contribution in [3.8, 4) is 0 Å². The van der Waals surface area contributed by atoms with E-state index in [0.717, 1.165) is 12.8 Å². The molecule has 0 aromatic carbocycles. The number of carbonyl (C=O) groups is 1. The van der Waals surface area contributed by atoms with Gasteiger partial charge in [0, 0.05) is 6.92 Å². The number of ether oxygens (including phenoxy) is 2. The number of carbonyl (C=O) groups excluding carboxylic acids is 1. The van der Waals surface area contributed by atoms with Crippen molar-refractivity contribution in [3.63, 3.8) is 0 Å². The molecule has 3 nitrogen and oxygen atoms in total. The van der Waals surface area contributed by atoms with Crippen molar-refractivity contribution in [2.45, 2.75) is 64.3 Å². The number of esters is 1. The van der Waals surface area contributed by atoms with Crippen LogP contribution < -0.4 is 0 Å². The molecule has 3 atom stereocenters. The van der Waals surface area contributed by atoms with Crippen LogP contribution in [0, 0.1) is 5.92 Å². The van der Waals surface area contributed by atoms with E-state index in [2.05, 4.69) is 20.8 Å². The second kappa shape index (κ2) is 3.21. The van der Waals surface area contributed by atoms with Gasteiger partial charge < -0.3 is 9.47 Å². The van der Waals surface area contributed by atoms with Crippen LogP contribution in [0.2, 0.25) is 0 Å². The molecule has 2 heterocycles. The van der Waals surface area contributed by atoms with E-state index in [9.17, 15) is 4.79 Å². The molecule has 1 aliphatic carbocycles. The van der Waals surface area contributed by atoms with Gasteiger partial charge in [-0.25, -0.2) is 0 Å². The lowest BCUT2D eigenvalue weighted by atomic mass is 9.67. The quantitative estimate of drug-likeness (QED) is 0.625. The summed E-state index contributed by atoms with van der Waals surface area (Å²) in [4.78, 5) is 11.0. The van der Waals surface area contributed by atoms with E-state index in [-0.39, 0.29) is 23.3 Å². The molecule has 1 saturated carbocycles. The summed E-state index contributed by atoms with van der Waals surface area (Å²) in [6, 6.07) is 0. The van der Waals surface area contributed by atoms with E-state index >= 15 is 0 Å². The van der Waals surface area contributed by atoms with E-state index in [1.807, 2.05) is 0 Å². The van der Waals surface area contributed by atoms with Gasteiger partial charge in [0.05, 0.1) is 5.60 Å². The highest BCUT2D eigenvalue weighted by Crippen LogP contribution is 2.50. The minimum Gasteiger partial charge on any atom is -0.459 e. The molecule has 0 aromatic rings. The Morgan fingerprint density at radius 3 is 2.53 bits per heavy atom. The largest absolute Gasteiger partial charge is 0.459 e. The molecule has 0 N–H and O–H groups in total. The highest BCUT2D eigenvalue weighted by atomic mass is 16.6. The maximum Gasteiger partial charge on any atom is 0.303 e. The lowest BCUT2D eigenvalue weighted by molar-refractivity contribution is -0.277. The first-order valence-corrected chi connectivity index (χ1v) is 5.71. The zero-order valence-corrected chi connectivity index (χ0v) is 10.0. The van der Waals surface area contributed by atoms with E-state index in [0.29, 0.717) is 5.92 Å². The Morgan fingerprint density at radius 1 is 1.40 bits per heavy atom. The first-order chi connectivity index (χ1) is 6.83. The summed E-state index contributed by atoms with van der Waals surface area (Å²) in [5.41, 5.74) is -0.340. The fourth-order valence-corrected chi connectivity index (χ4v) is 3.05. The summed E-state index contributed by atoms with van der Waals surface area (Å²) in [5, 5.41) is 0. The predicted octanol–water partition coefficient (Wildman–Crippen LogP) is 2.29. The smallest absolute Gasteiger partial charge is 0.303 e. The second-order valence-electron chi connectivity index (χ2n) is 5.59. The van der Waals surface area contributed by atoms with Crippen molar-refractivity contribution < 1.29 is 14.3 Å². The van der Waals surface area contributed by atoms with Crippen LogP contribution in [-0.2, 0) is 14.3 Å². The van der Waals surface area contributed by atoms with Crippen LogP contribution in [0.25, 0.3) is 0 Å². The average Bonchev–Trinajstić information content (AvgIpc) is 2.04. The molecule has 0 amide bonds. The van der Waals surface area contributed by atoms with Crippen LogP contribution in [0.3, 0.4) is 0 Å². The van der Waals surface area contributed by atoms with E-state index in [1.54, 1.807) is 0 Å². The molecule has 3 rings (SSSR count). The summed E-state index contributed by atoms with van der Waals surface area (Å²) < 4.78 is 11.5. The molecular weight excluding hydrogens is 192 g/mol. The van der Waals surface area contributed by atoms with Crippen LogP contribution in [-0.4, -0.2) is 23.3 Å². The molecule has 0 spiro atoms. The number of hydrogen-bond acceptors (Lipinski definition) is 3. The molecule has 86 valence electrons. The van der Waals surface area contributed by atoms with Gasteiger partial charge in [0.15, 0.2) is 0 Å². The molecule has 15 heavy (non-hydrogen) atoms. The number of hydrogen-bond donors (Lipinski definition) is 0. The Kier molecular flexibility index (Phi) is 2.34. The van der Waals surface area contributed by atoms with Gasteiger partial charge >= 0.3 is 5.97 Å². The molecule has 0 aromatic heterocycles. The zero-order valence-electron chi connectivity index (χ0n) is 10.0. The van der Waals surface area contributed by atoms with Gasteiger partial charge in [0.1, 0.15) is 11.7 Å². The fraction of sp³-hybridized carbons (Fsp3) is 0.917. The van der Waals surface area contributed by atoms with Crippen molar-refractivity contribution in [1.82, 2.24) is 0 Å². The Labute approximate surface area is 91.1 Å². The van der Waals surface area contributed by atoms with Crippen LogP contribution in [0.4, 0.5) is 0 Å². The van der Waals surface area contributed by atoms with Crippen LogP contribution in [0.1, 0.15) is 47.0 Å². The van der Waals surface area contributed by atoms with Gasteiger partial charge in [-0.05, 0) is 46.0 Å². The maximum absolute atomic E-state index is 11.0. The number of fused-ring (bicyclic) bond motifs is 3. The Balaban J connectivity index is 2.17. The fourth-order valence-electron chi connectivity index (χ4n) is 3.05. The normalized spacial score (nSPS) is 42.7. The third-order valence-corrected chi connectivity index (χ3v) is 3.96. The zero-order chi connectivity index (χ0) is 11.3. The molecule has 3 fully saturated rings. The van der Waals surface area contributed by atoms with Crippen molar-refractivity contribution in [2.75, 3.05) is 0 Å². The minimum atomic E-state index is -0.274. The molecule has 3 heteroatoms. The summed E-state index contributed by atoms with van der Waals surface area (Å²) in [7, 11) is 0. The Hall–Kier alpha value is -0.570. The lowest BCUT2D eigenvalue weighted by Crippen LogP contribution is -2.62. The predicted molar refractivity (Wildman–Crippen MR) is 56.5 cm³/mol. The third-order valence-electron chi connectivity index (χ3n) is 3.96. The van der Waals surface area contributed by atoms with Crippen LogP contribution in [0.15, 0.2) is 0 Å². The lowest BCUT2D eigenvalue weighted by Gasteiger charge is -2.56. The molecule has 2 saturated heterocycles. The van der Waals surface area contributed by atoms with Gasteiger partial charge in [0.25, 0.3) is 0 Å². The average molecular weight is 212 g/mol. The van der Waals surface area contributed by atoms with Gasteiger partial charge in [-0.2, -0.15) is 0 Å². The van der Waals surface area contributed by atoms with E-state index in [4.69, 9.17) is 9.47 Å². The summed E-state index contributed by atoms with van der Waals surface area (Å²) >= 11 is 0.